The Balaban J connectivity index is 1.56. The molecule has 0 radical (unpaired) electrons. The van der Waals surface area contributed by atoms with E-state index in [1.807, 2.05) is 60.7 Å². The Morgan fingerprint density at radius 3 is 1.56 bits per heavy atom. The van der Waals surface area contributed by atoms with Crippen molar-refractivity contribution in [3.8, 4) is 22.6 Å². The largest absolute Gasteiger partial charge is 0.464 e. The summed E-state index contributed by atoms with van der Waals surface area (Å²) in [6.07, 6.45) is 5.19. The van der Waals surface area contributed by atoms with Crippen molar-refractivity contribution in [2.45, 2.75) is 12.8 Å². The summed E-state index contributed by atoms with van der Waals surface area (Å²) in [5.41, 5.74) is 4.29. The third-order valence-corrected chi connectivity index (χ3v) is 6.46. The van der Waals surface area contributed by atoms with Crippen molar-refractivity contribution < 1.29 is 13.6 Å². The van der Waals surface area contributed by atoms with Gasteiger partial charge in [-0.1, -0.05) is 36.4 Å². The number of furan rings is 2. The predicted molar refractivity (Wildman–Crippen MR) is 140 cm³/mol. The molecule has 2 aromatic carbocycles. The molecule has 180 valence electrons. The van der Waals surface area contributed by atoms with Gasteiger partial charge in [-0.3, -0.25) is 14.8 Å². The van der Waals surface area contributed by atoms with Crippen molar-refractivity contribution in [1.82, 2.24) is 10.6 Å². The Kier molecular flexibility index (Phi) is 5.95. The quantitative estimate of drug-likeness (QED) is 0.384. The second-order valence-electron chi connectivity index (χ2n) is 8.76. The Morgan fingerprint density at radius 2 is 1.17 bits per heavy atom. The van der Waals surface area contributed by atoms with Gasteiger partial charge in [0.1, 0.15) is 23.2 Å². The average Bonchev–Trinajstić information content (AvgIpc) is 3.68. The first-order valence-corrected chi connectivity index (χ1v) is 12.3. The lowest BCUT2D eigenvalue weighted by atomic mass is 9.88. The number of amidine groups is 2. The van der Waals surface area contributed by atoms with Gasteiger partial charge in [0.15, 0.2) is 5.78 Å². The number of hydrogen-bond acceptors (Lipinski definition) is 7. The van der Waals surface area contributed by atoms with Gasteiger partial charge in [0, 0.05) is 59.6 Å². The van der Waals surface area contributed by atoms with Gasteiger partial charge < -0.3 is 19.5 Å². The number of aliphatic imine (C=N–C) groups is 2. The number of rotatable bonds is 6. The molecule has 0 spiro atoms. The zero-order valence-corrected chi connectivity index (χ0v) is 19.8. The zero-order valence-electron chi connectivity index (χ0n) is 19.8. The van der Waals surface area contributed by atoms with Crippen molar-refractivity contribution in [3.05, 3.63) is 95.4 Å². The molecule has 0 bridgehead atoms. The van der Waals surface area contributed by atoms with Gasteiger partial charge in [-0.25, -0.2) is 0 Å². The zero-order chi connectivity index (χ0) is 24.3. The molecule has 0 saturated carbocycles. The fourth-order valence-corrected chi connectivity index (χ4v) is 4.81. The summed E-state index contributed by atoms with van der Waals surface area (Å²) in [5.74, 6) is 2.71. The highest BCUT2D eigenvalue weighted by molar-refractivity contribution is 6.23. The minimum atomic E-state index is -0.105. The summed E-state index contributed by atoms with van der Waals surface area (Å²) >= 11 is 0. The third-order valence-electron chi connectivity index (χ3n) is 6.46. The van der Waals surface area contributed by atoms with Gasteiger partial charge in [-0.05, 0) is 37.1 Å². The highest BCUT2D eigenvalue weighted by atomic mass is 16.3. The van der Waals surface area contributed by atoms with Gasteiger partial charge in [0.05, 0.1) is 12.5 Å². The first-order valence-electron chi connectivity index (χ1n) is 12.3. The topological polar surface area (TPSA) is 92.1 Å². The molecule has 4 heterocycles. The highest BCUT2D eigenvalue weighted by Gasteiger charge is 2.27. The van der Waals surface area contributed by atoms with Crippen molar-refractivity contribution in [1.29, 1.82) is 0 Å². The average molecular weight is 479 g/mol. The molecule has 7 heteroatoms. The van der Waals surface area contributed by atoms with Gasteiger partial charge >= 0.3 is 0 Å². The van der Waals surface area contributed by atoms with Gasteiger partial charge in [-0.2, -0.15) is 0 Å². The molecule has 2 N–H and O–H groups in total. The number of nitrogens with zero attached hydrogens (tertiary/aromatic N) is 2. The van der Waals surface area contributed by atoms with E-state index in [-0.39, 0.29) is 5.78 Å². The van der Waals surface area contributed by atoms with E-state index in [4.69, 9.17) is 18.8 Å². The summed E-state index contributed by atoms with van der Waals surface area (Å²) in [6, 6.07) is 19.0. The molecule has 0 unspecified atom stereocenters. The molecule has 4 aromatic rings. The van der Waals surface area contributed by atoms with Crippen molar-refractivity contribution in [3.63, 3.8) is 0 Å². The van der Waals surface area contributed by atoms with Crippen LogP contribution in [0.25, 0.3) is 22.6 Å². The Morgan fingerprint density at radius 1 is 0.667 bits per heavy atom. The second kappa shape index (κ2) is 9.70. The summed E-state index contributed by atoms with van der Waals surface area (Å²) in [5, 5.41) is 6.80. The fourth-order valence-electron chi connectivity index (χ4n) is 4.81. The molecule has 2 aliphatic rings. The van der Waals surface area contributed by atoms with Gasteiger partial charge in [-0.15, -0.1) is 0 Å². The second-order valence-corrected chi connectivity index (χ2v) is 8.76. The standard InChI is InChI=1S/C29H26N4O3/c34-27(21-9-1-7-19(23-11-3-17-35-23)25(21)28-30-13-5-14-31-28)22-10-2-8-20(24-12-4-18-36-24)26(22)29-32-15-6-16-33-29/h1-4,7-12,17-18H,5-6,13-16H2,(H,30,31)(H,32,33). The summed E-state index contributed by atoms with van der Waals surface area (Å²) in [7, 11) is 0. The number of carbonyl (C=O) groups excluding carboxylic acids is 1. The minimum Gasteiger partial charge on any atom is -0.464 e. The fraction of sp³-hybridized carbons (Fsp3) is 0.207. The number of ketones is 1. The molecule has 0 amide bonds. The monoisotopic (exact) mass is 478 g/mol. The predicted octanol–water partition coefficient (Wildman–Crippen LogP) is 4.92. The maximum Gasteiger partial charge on any atom is 0.194 e. The van der Waals surface area contributed by atoms with Crippen LogP contribution in [0.2, 0.25) is 0 Å². The van der Waals surface area contributed by atoms with E-state index < -0.39 is 0 Å². The number of hydrogen-bond donors (Lipinski definition) is 2. The number of nitrogens with one attached hydrogen (secondary N) is 2. The summed E-state index contributed by atoms with van der Waals surface area (Å²) < 4.78 is 11.5. The first kappa shape index (κ1) is 22.1. The highest BCUT2D eigenvalue weighted by Crippen LogP contribution is 2.33. The molecular weight excluding hydrogens is 452 g/mol. The number of carbonyl (C=O) groups is 1. The first-order chi connectivity index (χ1) is 17.8. The molecule has 2 aliphatic heterocycles. The van der Waals surface area contributed by atoms with E-state index in [1.54, 1.807) is 12.5 Å². The van der Waals surface area contributed by atoms with E-state index in [1.165, 1.54) is 0 Å². The molecule has 0 atom stereocenters. The van der Waals surface area contributed by atoms with E-state index >= 15 is 0 Å². The molecule has 0 saturated heterocycles. The van der Waals surface area contributed by atoms with Crippen LogP contribution < -0.4 is 10.6 Å². The summed E-state index contributed by atoms with van der Waals surface area (Å²) in [4.78, 5) is 23.9. The molecule has 7 nitrogen and oxygen atoms in total. The van der Waals surface area contributed by atoms with Crippen molar-refractivity contribution in [2.24, 2.45) is 9.98 Å². The van der Waals surface area contributed by atoms with Crippen LogP contribution in [0.4, 0.5) is 0 Å². The lowest BCUT2D eigenvalue weighted by Gasteiger charge is -2.22. The van der Waals surface area contributed by atoms with Crippen molar-refractivity contribution >= 4 is 17.5 Å². The van der Waals surface area contributed by atoms with Crippen LogP contribution in [-0.4, -0.2) is 43.6 Å². The maximum absolute atomic E-state index is 14.4. The van der Waals surface area contributed by atoms with E-state index in [0.29, 0.717) is 47.4 Å². The normalized spacial score (nSPS) is 15.4. The molecule has 2 aromatic heterocycles. The van der Waals surface area contributed by atoms with E-state index in [9.17, 15) is 4.79 Å². The van der Waals surface area contributed by atoms with Crippen LogP contribution in [0, 0.1) is 0 Å². The maximum atomic E-state index is 14.4. The van der Waals surface area contributed by atoms with Crippen LogP contribution in [0.1, 0.15) is 39.9 Å². The molecule has 0 fully saturated rings. The van der Waals surface area contributed by atoms with Crippen LogP contribution in [0.5, 0.6) is 0 Å². The van der Waals surface area contributed by atoms with E-state index in [0.717, 1.165) is 48.2 Å². The molecular formula is C29H26N4O3. The minimum absolute atomic E-state index is 0.105. The van der Waals surface area contributed by atoms with Crippen LogP contribution in [0.3, 0.4) is 0 Å². The van der Waals surface area contributed by atoms with Crippen LogP contribution >= 0.6 is 0 Å². The Hall–Kier alpha value is -4.39. The van der Waals surface area contributed by atoms with E-state index in [2.05, 4.69) is 10.6 Å². The van der Waals surface area contributed by atoms with Crippen LogP contribution in [0.15, 0.2) is 92.0 Å². The van der Waals surface area contributed by atoms with Gasteiger partial charge in [0.25, 0.3) is 0 Å². The lowest BCUT2D eigenvalue weighted by molar-refractivity contribution is 0.103. The van der Waals surface area contributed by atoms with Gasteiger partial charge in [0.2, 0.25) is 0 Å². The molecule has 6 rings (SSSR count). The molecule has 0 aliphatic carbocycles. The SMILES string of the molecule is O=C(c1cccc(-c2ccco2)c1C1=NCCCN1)c1cccc(-c2ccco2)c1C1=NCCCN1. The Bertz CT molecular complexity index is 1340. The summed E-state index contributed by atoms with van der Waals surface area (Å²) in [6.45, 7) is 3.03. The number of benzene rings is 2. The Labute approximate surface area is 209 Å². The molecule has 36 heavy (non-hydrogen) atoms. The lowest BCUT2D eigenvalue weighted by Crippen LogP contribution is -2.33. The van der Waals surface area contributed by atoms with Crippen LogP contribution in [-0.2, 0) is 0 Å². The van der Waals surface area contributed by atoms with Crippen molar-refractivity contribution in [2.75, 3.05) is 26.2 Å². The third kappa shape index (κ3) is 4.02. The smallest absolute Gasteiger partial charge is 0.194 e.